The summed E-state index contributed by atoms with van der Waals surface area (Å²) in [5.41, 5.74) is 5.32. The molecule has 0 saturated heterocycles. The molecule has 5 nitrogen and oxygen atoms in total. The van der Waals surface area contributed by atoms with Gasteiger partial charge in [-0.15, -0.1) is 11.3 Å². The molecule has 0 radical (unpaired) electrons. The van der Waals surface area contributed by atoms with Crippen molar-refractivity contribution < 1.29 is 4.79 Å². The summed E-state index contributed by atoms with van der Waals surface area (Å²) in [7, 11) is 0. The zero-order valence-corrected chi connectivity index (χ0v) is 10.5. The molecule has 0 saturated carbocycles. The largest absolute Gasteiger partial charge is 0.368 e. The van der Waals surface area contributed by atoms with Gasteiger partial charge in [-0.2, -0.15) is 0 Å². The standard InChI is InChI=1S/C11H14N4OS/c1-6(2)8(9(12)16)14-11-13-5-7-3-4-17-10(7)15-11/h3-6,8H,1-2H3,(H2,12,16)(H,13,14,15). The van der Waals surface area contributed by atoms with Crippen LogP contribution in [0.1, 0.15) is 13.8 Å². The minimum atomic E-state index is -0.451. The first-order valence-corrected chi connectivity index (χ1v) is 6.22. The Kier molecular flexibility index (Phi) is 3.23. The maximum atomic E-state index is 11.3. The van der Waals surface area contributed by atoms with E-state index in [1.165, 1.54) is 11.3 Å². The molecule has 2 rings (SSSR count). The Bertz CT molecular complexity index is 537. The molecule has 6 heteroatoms. The van der Waals surface area contributed by atoms with E-state index in [9.17, 15) is 4.79 Å². The van der Waals surface area contributed by atoms with Crippen molar-refractivity contribution in [2.24, 2.45) is 11.7 Å². The Labute approximate surface area is 103 Å². The lowest BCUT2D eigenvalue weighted by atomic mass is 10.0. The highest BCUT2D eigenvalue weighted by atomic mass is 32.1. The molecule has 2 aromatic rings. The number of fused-ring (bicyclic) bond motifs is 1. The third-order valence-corrected chi connectivity index (χ3v) is 3.29. The fraction of sp³-hybridized carbons (Fsp3) is 0.364. The average Bonchev–Trinajstić information content (AvgIpc) is 2.71. The van der Waals surface area contributed by atoms with Crippen molar-refractivity contribution in [1.29, 1.82) is 0 Å². The number of anilines is 1. The quantitative estimate of drug-likeness (QED) is 0.864. The number of thiophene rings is 1. The van der Waals surface area contributed by atoms with Crippen molar-refractivity contribution in [3.63, 3.8) is 0 Å². The first kappa shape index (κ1) is 11.8. The molecule has 2 heterocycles. The van der Waals surface area contributed by atoms with E-state index in [4.69, 9.17) is 5.73 Å². The van der Waals surface area contributed by atoms with Crippen LogP contribution in [0, 0.1) is 5.92 Å². The highest BCUT2D eigenvalue weighted by molar-refractivity contribution is 7.16. The Morgan fingerprint density at radius 1 is 1.53 bits per heavy atom. The molecule has 0 aliphatic carbocycles. The van der Waals surface area contributed by atoms with Crippen molar-refractivity contribution in [2.45, 2.75) is 19.9 Å². The molecule has 17 heavy (non-hydrogen) atoms. The van der Waals surface area contributed by atoms with Crippen LogP contribution in [0.2, 0.25) is 0 Å². The third kappa shape index (κ3) is 2.52. The number of nitrogens with two attached hydrogens (primary N) is 1. The Hall–Kier alpha value is -1.69. The first-order chi connectivity index (χ1) is 8.08. The molecule has 1 atom stereocenters. The van der Waals surface area contributed by atoms with Crippen LogP contribution in [0.3, 0.4) is 0 Å². The number of hydrogen-bond acceptors (Lipinski definition) is 5. The Balaban J connectivity index is 2.24. The van der Waals surface area contributed by atoms with Crippen LogP contribution in [0.4, 0.5) is 5.95 Å². The number of aromatic nitrogens is 2. The topological polar surface area (TPSA) is 80.9 Å². The van der Waals surface area contributed by atoms with Crippen molar-refractivity contribution in [2.75, 3.05) is 5.32 Å². The molecule has 0 spiro atoms. The second kappa shape index (κ2) is 4.67. The number of amides is 1. The normalized spacial score (nSPS) is 12.9. The van der Waals surface area contributed by atoms with Gasteiger partial charge in [0.05, 0.1) is 0 Å². The summed E-state index contributed by atoms with van der Waals surface area (Å²) in [6, 6.07) is 1.50. The van der Waals surface area contributed by atoms with Crippen LogP contribution in [0.15, 0.2) is 17.6 Å². The summed E-state index contributed by atoms with van der Waals surface area (Å²) in [6.07, 6.45) is 1.74. The van der Waals surface area contributed by atoms with Crippen LogP contribution < -0.4 is 11.1 Å². The van der Waals surface area contributed by atoms with Gasteiger partial charge in [0.2, 0.25) is 11.9 Å². The van der Waals surface area contributed by atoms with Gasteiger partial charge in [0.25, 0.3) is 0 Å². The molecule has 0 fully saturated rings. The van der Waals surface area contributed by atoms with Gasteiger partial charge in [0.15, 0.2) is 0 Å². The van der Waals surface area contributed by atoms with Crippen molar-refractivity contribution in [3.05, 3.63) is 17.6 Å². The van der Waals surface area contributed by atoms with Crippen LogP contribution in [0.25, 0.3) is 10.2 Å². The fourth-order valence-corrected chi connectivity index (χ4v) is 2.27. The van der Waals surface area contributed by atoms with Gasteiger partial charge in [-0.1, -0.05) is 13.8 Å². The minimum Gasteiger partial charge on any atom is -0.368 e. The van der Waals surface area contributed by atoms with Crippen LogP contribution in [0.5, 0.6) is 0 Å². The van der Waals surface area contributed by atoms with E-state index in [0.29, 0.717) is 5.95 Å². The van der Waals surface area contributed by atoms with E-state index in [0.717, 1.165) is 10.2 Å². The summed E-state index contributed by atoms with van der Waals surface area (Å²) >= 11 is 1.54. The van der Waals surface area contributed by atoms with Gasteiger partial charge in [0, 0.05) is 11.6 Å². The number of nitrogens with one attached hydrogen (secondary N) is 1. The van der Waals surface area contributed by atoms with Crippen LogP contribution in [-0.4, -0.2) is 21.9 Å². The maximum absolute atomic E-state index is 11.3. The van der Waals surface area contributed by atoms with E-state index < -0.39 is 11.9 Å². The second-order valence-corrected chi connectivity index (χ2v) is 5.04. The molecular weight excluding hydrogens is 236 g/mol. The summed E-state index contributed by atoms with van der Waals surface area (Å²) in [5, 5.41) is 5.93. The zero-order valence-electron chi connectivity index (χ0n) is 9.68. The highest BCUT2D eigenvalue weighted by Gasteiger charge is 2.20. The summed E-state index contributed by atoms with van der Waals surface area (Å²) in [5.74, 6) is 0.141. The number of nitrogens with zero attached hydrogens (tertiary/aromatic N) is 2. The second-order valence-electron chi connectivity index (χ2n) is 4.14. The van der Waals surface area contributed by atoms with Crippen LogP contribution >= 0.6 is 11.3 Å². The van der Waals surface area contributed by atoms with Gasteiger partial charge in [-0.05, 0) is 17.4 Å². The van der Waals surface area contributed by atoms with E-state index in [-0.39, 0.29) is 5.92 Å². The van der Waals surface area contributed by atoms with Gasteiger partial charge in [-0.3, -0.25) is 4.79 Å². The SMILES string of the molecule is CC(C)C(Nc1ncc2ccsc2n1)C(N)=O. The van der Waals surface area contributed by atoms with E-state index in [1.807, 2.05) is 25.3 Å². The fourth-order valence-electron chi connectivity index (χ4n) is 1.53. The molecule has 1 unspecified atom stereocenters. The van der Waals surface area contributed by atoms with Crippen molar-refractivity contribution in [1.82, 2.24) is 9.97 Å². The molecule has 0 aliphatic rings. The van der Waals surface area contributed by atoms with Gasteiger partial charge < -0.3 is 11.1 Å². The lowest BCUT2D eigenvalue weighted by Gasteiger charge is -2.18. The Morgan fingerprint density at radius 2 is 2.29 bits per heavy atom. The maximum Gasteiger partial charge on any atom is 0.240 e. The number of primary amides is 1. The minimum absolute atomic E-state index is 0.0927. The number of hydrogen-bond donors (Lipinski definition) is 2. The van der Waals surface area contributed by atoms with Crippen LogP contribution in [-0.2, 0) is 4.79 Å². The number of carbonyl (C=O) groups is 1. The average molecular weight is 250 g/mol. The van der Waals surface area contributed by atoms with Crippen molar-refractivity contribution >= 4 is 33.4 Å². The molecule has 90 valence electrons. The predicted molar refractivity (Wildman–Crippen MR) is 68.9 cm³/mol. The predicted octanol–water partition coefficient (Wildman–Crippen LogP) is 1.61. The molecule has 1 amide bonds. The summed E-state index contributed by atoms with van der Waals surface area (Å²) in [6.45, 7) is 3.85. The first-order valence-electron chi connectivity index (χ1n) is 5.34. The summed E-state index contributed by atoms with van der Waals surface area (Å²) in [4.78, 5) is 20.7. The Morgan fingerprint density at radius 3 is 2.94 bits per heavy atom. The molecule has 0 aromatic carbocycles. The molecule has 0 aliphatic heterocycles. The van der Waals surface area contributed by atoms with Gasteiger partial charge in [0.1, 0.15) is 10.9 Å². The number of carbonyl (C=O) groups excluding carboxylic acids is 1. The van der Waals surface area contributed by atoms with Gasteiger partial charge >= 0.3 is 0 Å². The van der Waals surface area contributed by atoms with E-state index in [1.54, 1.807) is 6.20 Å². The van der Waals surface area contributed by atoms with Crippen molar-refractivity contribution in [3.8, 4) is 0 Å². The third-order valence-electron chi connectivity index (χ3n) is 2.47. The molecule has 2 aromatic heterocycles. The summed E-state index contributed by atoms with van der Waals surface area (Å²) < 4.78 is 0. The van der Waals surface area contributed by atoms with E-state index >= 15 is 0 Å². The molecular formula is C11H14N4OS. The lowest BCUT2D eigenvalue weighted by molar-refractivity contribution is -0.119. The van der Waals surface area contributed by atoms with Gasteiger partial charge in [-0.25, -0.2) is 9.97 Å². The molecule has 0 bridgehead atoms. The van der Waals surface area contributed by atoms with E-state index in [2.05, 4.69) is 15.3 Å². The lowest BCUT2D eigenvalue weighted by Crippen LogP contribution is -2.40. The number of rotatable bonds is 4. The zero-order chi connectivity index (χ0) is 12.4. The smallest absolute Gasteiger partial charge is 0.240 e. The molecule has 3 N–H and O–H groups in total. The highest BCUT2D eigenvalue weighted by Crippen LogP contribution is 2.19. The monoisotopic (exact) mass is 250 g/mol.